The molecular weight excluding hydrogens is 568 g/mol. The molecule has 0 bridgehead atoms. The van der Waals surface area contributed by atoms with Crippen molar-refractivity contribution >= 4 is 29.4 Å². The molecule has 43 heavy (non-hydrogen) atoms. The monoisotopic (exact) mass is 622 g/mol. The third-order valence-electron chi connectivity index (χ3n) is 4.24. The predicted molar refractivity (Wildman–Crippen MR) is 162 cm³/mol. The van der Waals surface area contributed by atoms with E-state index in [2.05, 4.69) is 10.2 Å². The Morgan fingerprint density at radius 2 is 1.19 bits per heavy atom. The summed E-state index contributed by atoms with van der Waals surface area (Å²) in [7, 11) is 0. The smallest absolute Gasteiger partial charge is 0.300 e. The Hall–Kier alpha value is -3.14. The first-order chi connectivity index (χ1) is 20.4. The number of aliphatic hydroxyl groups excluding tert-OH is 3. The molecule has 1 unspecified atom stereocenters. The van der Waals surface area contributed by atoms with E-state index in [4.69, 9.17) is 44.6 Å². The molecule has 6 N–H and O–H groups in total. The highest BCUT2D eigenvalue weighted by atomic mass is 16.5. The molecule has 1 aliphatic rings. The lowest BCUT2D eigenvalue weighted by Gasteiger charge is -2.14. The fourth-order valence-electron chi connectivity index (χ4n) is 2.59. The van der Waals surface area contributed by atoms with Gasteiger partial charge in [0.25, 0.3) is 23.8 Å². The Balaban J connectivity index is -0.000000244. The van der Waals surface area contributed by atoms with E-state index in [1.54, 1.807) is 12.1 Å². The standard InChI is InChI=1S/C13H16N2O2.C4H10O3.C4H10O2.C4H10O.2C2H4O2/c1-2-3-9-11-12(16)14-15(13(11)17)10-7-5-4-6-8-10;5-1-3-7-4-2-6;1-2-6-4-3-5;1-3-5-4-2;2*1-2(3)4/h4-8,11H,2-3,9H2,1H3,(H,14,16);5-6H,1-4H2;5H,2-4H2,1H3;3-4H2,1-2H3;2*1H3,(H,3,4). The van der Waals surface area contributed by atoms with Gasteiger partial charge in [-0.2, -0.15) is 0 Å². The predicted octanol–water partition coefficient (Wildman–Crippen LogP) is 2.10. The van der Waals surface area contributed by atoms with Gasteiger partial charge in [-0.15, -0.1) is 0 Å². The molecule has 1 atom stereocenters. The van der Waals surface area contributed by atoms with Crippen LogP contribution in [-0.4, -0.2) is 109 Å². The van der Waals surface area contributed by atoms with Crippen LogP contribution in [0.5, 0.6) is 0 Å². The van der Waals surface area contributed by atoms with Gasteiger partial charge in [0.2, 0.25) is 0 Å². The number of rotatable bonds is 13. The van der Waals surface area contributed by atoms with Crippen molar-refractivity contribution in [1.29, 1.82) is 0 Å². The second kappa shape index (κ2) is 36.9. The van der Waals surface area contributed by atoms with Crippen LogP contribution in [0.4, 0.5) is 5.69 Å². The number of carboxylic acid groups (broad SMARTS) is 2. The van der Waals surface area contributed by atoms with Gasteiger partial charge in [-0.3, -0.25) is 24.6 Å². The maximum absolute atomic E-state index is 12.1. The summed E-state index contributed by atoms with van der Waals surface area (Å²) in [4.78, 5) is 41.8. The molecule has 0 saturated carbocycles. The normalized spacial score (nSPS) is 12.7. The molecule has 14 nitrogen and oxygen atoms in total. The van der Waals surface area contributed by atoms with Crippen LogP contribution in [0.15, 0.2) is 30.3 Å². The lowest BCUT2D eigenvalue weighted by atomic mass is 10.0. The van der Waals surface area contributed by atoms with E-state index in [1.807, 2.05) is 45.9 Å². The molecule has 0 aromatic heterocycles. The lowest BCUT2D eigenvalue weighted by molar-refractivity contribution is -0.135. The second-order valence-corrected chi connectivity index (χ2v) is 7.98. The quantitative estimate of drug-likeness (QED) is 0.138. The Bertz CT molecular complexity index is 752. The largest absolute Gasteiger partial charge is 0.481 e. The number of anilines is 1. The molecule has 1 saturated heterocycles. The van der Waals surface area contributed by atoms with E-state index >= 15 is 0 Å². The van der Waals surface area contributed by atoms with Gasteiger partial charge < -0.3 is 39.7 Å². The number of unbranched alkanes of at least 4 members (excludes halogenated alkanes) is 1. The molecule has 1 aromatic carbocycles. The zero-order valence-electron chi connectivity index (χ0n) is 26.5. The Labute approximate surface area is 255 Å². The average molecular weight is 623 g/mol. The second-order valence-electron chi connectivity index (χ2n) is 7.98. The minimum atomic E-state index is -0.833. The van der Waals surface area contributed by atoms with Gasteiger partial charge in [-0.05, 0) is 39.3 Å². The maximum Gasteiger partial charge on any atom is 0.300 e. The number of hydrazine groups is 1. The first kappa shape index (κ1) is 46.8. The number of carbonyl (C=O) groups is 4. The molecule has 0 spiro atoms. The van der Waals surface area contributed by atoms with Crippen molar-refractivity contribution in [2.45, 2.75) is 60.8 Å². The lowest BCUT2D eigenvalue weighted by Crippen LogP contribution is -2.35. The number of carboxylic acids is 2. The summed E-state index contributed by atoms with van der Waals surface area (Å²) < 4.78 is 14.2. The van der Waals surface area contributed by atoms with Crippen molar-refractivity contribution in [1.82, 2.24) is 5.43 Å². The Morgan fingerprint density at radius 3 is 1.51 bits per heavy atom. The summed E-state index contributed by atoms with van der Waals surface area (Å²) in [5.74, 6) is -2.52. The fourth-order valence-corrected chi connectivity index (χ4v) is 2.59. The van der Waals surface area contributed by atoms with E-state index in [0.717, 1.165) is 39.9 Å². The minimum Gasteiger partial charge on any atom is -0.481 e. The van der Waals surface area contributed by atoms with Gasteiger partial charge in [0.05, 0.1) is 45.3 Å². The molecule has 1 heterocycles. The summed E-state index contributed by atoms with van der Waals surface area (Å²) >= 11 is 0. The number of amides is 2. The minimum absolute atomic E-state index is 0.0278. The van der Waals surface area contributed by atoms with Crippen molar-refractivity contribution in [3.05, 3.63) is 30.3 Å². The van der Waals surface area contributed by atoms with Crippen LogP contribution in [-0.2, 0) is 33.4 Å². The van der Waals surface area contributed by atoms with Crippen LogP contribution < -0.4 is 10.4 Å². The van der Waals surface area contributed by atoms with Gasteiger partial charge >= 0.3 is 0 Å². The number of nitrogens with zero attached hydrogens (tertiary/aromatic N) is 1. The first-order valence-electron chi connectivity index (χ1n) is 14.1. The van der Waals surface area contributed by atoms with E-state index in [0.29, 0.717) is 38.5 Å². The number of ether oxygens (including phenoxy) is 3. The first-order valence-corrected chi connectivity index (χ1v) is 14.1. The van der Waals surface area contributed by atoms with E-state index in [9.17, 15) is 9.59 Å². The molecule has 0 radical (unpaired) electrons. The van der Waals surface area contributed by atoms with Crippen molar-refractivity contribution < 1.29 is 58.9 Å². The van der Waals surface area contributed by atoms with Crippen molar-refractivity contribution in [3.8, 4) is 0 Å². The Kier molecular flexibility index (Phi) is 40.2. The number of nitrogens with one attached hydrogen (secondary N) is 1. The van der Waals surface area contributed by atoms with Crippen LogP contribution >= 0.6 is 0 Å². The fraction of sp³-hybridized carbons (Fsp3) is 0.655. The van der Waals surface area contributed by atoms with Gasteiger partial charge in [0.15, 0.2) is 0 Å². The SMILES string of the molecule is CC(=O)O.CC(=O)O.CCCCC1C(=O)NN(c2ccccc2)C1=O.CCOCC.CCOCCO.OCCOCCO. The number of carbonyl (C=O) groups excluding carboxylic acids is 2. The number of aliphatic hydroxyl groups is 3. The molecule has 252 valence electrons. The molecule has 1 aromatic rings. The number of para-hydroxylation sites is 1. The summed E-state index contributed by atoms with van der Waals surface area (Å²) in [5, 5.41) is 40.4. The molecule has 2 amide bonds. The van der Waals surface area contributed by atoms with E-state index in [1.165, 1.54) is 5.01 Å². The summed E-state index contributed by atoms with van der Waals surface area (Å²) in [6.07, 6.45) is 2.51. The van der Waals surface area contributed by atoms with Gasteiger partial charge in [0.1, 0.15) is 5.92 Å². The molecule has 1 fully saturated rings. The number of benzene rings is 1. The molecule has 2 rings (SSSR count). The molecule has 0 aliphatic carbocycles. The number of hydrogen-bond acceptors (Lipinski definition) is 10. The molecule has 14 heteroatoms. The van der Waals surface area contributed by atoms with Crippen LogP contribution in [0, 0.1) is 5.92 Å². The van der Waals surface area contributed by atoms with Crippen molar-refractivity contribution in [2.75, 3.05) is 64.5 Å². The number of hydrogen-bond donors (Lipinski definition) is 6. The zero-order chi connectivity index (χ0) is 33.9. The highest BCUT2D eigenvalue weighted by Gasteiger charge is 2.39. The van der Waals surface area contributed by atoms with Gasteiger partial charge in [0, 0.05) is 33.7 Å². The van der Waals surface area contributed by atoms with Crippen LogP contribution in [0.3, 0.4) is 0 Å². The summed E-state index contributed by atoms with van der Waals surface area (Å²) in [6, 6.07) is 9.17. The van der Waals surface area contributed by atoms with E-state index < -0.39 is 17.9 Å². The summed E-state index contributed by atoms with van der Waals surface area (Å²) in [6.45, 7) is 13.8. The molecule has 1 aliphatic heterocycles. The zero-order valence-corrected chi connectivity index (χ0v) is 26.5. The topological polar surface area (TPSA) is 212 Å². The van der Waals surface area contributed by atoms with Crippen LogP contribution in [0.1, 0.15) is 60.8 Å². The van der Waals surface area contributed by atoms with Crippen LogP contribution in [0.25, 0.3) is 0 Å². The third kappa shape index (κ3) is 36.8. The van der Waals surface area contributed by atoms with E-state index in [-0.39, 0.29) is 31.6 Å². The Morgan fingerprint density at radius 1 is 0.767 bits per heavy atom. The number of aliphatic carboxylic acids is 2. The highest BCUT2D eigenvalue weighted by Crippen LogP contribution is 2.22. The van der Waals surface area contributed by atoms with Crippen molar-refractivity contribution in [3.63, 3.8) is 0 Å². The van der Waals surface area contributed by atoms with Crippen LogP contribution in [0.2, 0.25) is 0 Å². The summed E-state index contributed by atoms with van der Waals surface area (Å²) in [5.41, 5.74) is 3.34. The van der Waals surface area contributed by atoms with Crippen molar-refractivity contribution in [2.24, 2.45) is 5.92 Å². The van der Waals surface area contributed by atoms with Gasteiger partial charge in [-0.25, -0.2) is 5.01 Å². The highest BCUT2D eigenvalue weighted by molar-refractivity contribution is 6.14. The third-order valence-corrected chi connectivity index (χ3v) is 4.24. The average Bonchev–Trinajstić information content (AvgIpc) is 3.25. The molecular formula is C29H54N2O12. The van der Waals surface area contributed by atoms with Gasteiger partial charge in [-0.1, -0.05) is 38.0 Å². The maximum atomic E-state index is 12.1.